The Morgan fingerprint density at radius 1 is 0.667 bits per heavy atom. The molecule has 0 aromatic heterocycles. The Morgan fingerprint density at radius 2 is 1.21 bits per heavy atom. The Balaban J connectivity index is 3.42. The number of aliphatic carboxylic acids is 2. The molecule has 66 heavy (non-hydrogen) atoms. The van der Waals surface area contributed by atoms with Gasteiger partial charge in [0, 0.05) is 38.4 Å². The van der Waals surface area contributed by atoms with E-state index in [0.29, 0.717) is 12.0 Å². The SMILES string of the molecule is CCC[C@H](NC(=O)CN(CCCNC(=O)c1ccccc1)C(=O)[C@@H](NC(=O)[C@@H](NC(=O)[C@H](CCC(=O)O)NC(=O)[C@H](CCC(=O)O)NC(C)=O)C(C)C)C(C)C)C(=O)C(=O)NCC(=O)OC. The number of carbonyl (C=O) groups excluding carboxylic acids is 10. The summed E-state index contributed by atoms with van der Waals surface area (Å²) in [5.74, 6) is -12.5. The van der Waals surface area contributed by atoms with E-state index in [1.54, 1.807) is 65.0 Å². The van der Waals surface area contributed by atoms with Crippen molar-refractivity contribution in [2.24, 2.45) is 11.8 Å². The van der Waals surface area contributed by atoms with Crippen LogP contribution in [0.2, 0.25) is 0 Å². The maximum absolute atomic E-state index is 14.4. The van der Waals surface area contributed by atoms with Crippen LogP contribution in [0.25, 0.3) is 0 Å². The van der Waals surface area contributed by atoms with Gasteiger partial charge in [0.1, 0.15) is 30.7 Å². The fraction of sp³-hybridized carbons (Fsp3) is 0.581. The molecule has 366 valence electrons. The van der Waals surface area contributed by atoms with Gasteiger partial charge in [-0.25, -0.2) is 0 Å². The third-order valence-corrected chi connectivity index (χ3v) is 9.74. The first kappa shape index (κ1) is 57.1. The summed E-state index contributed by atoms with van der Waals surface area (Å²) in [6, 6.07) is 1.22. The second kappa shape index (κ2) is 29.5. The monoisotopic (exact) mass is 932 g/mol. The average molecular weight is 933 g/mol. The van der Waals surface area contributed by atoms with Crippen LogP contribution in [0.3, 0.4) is 0 Å². The molecular weight excluding hydrogens is 869 g/mol. The molecule has 0 unspecified atom stereocenters. The Morgan fingerprint density at radius 3 is 1.73 bits per heavy atom. The van der Waals surface area contributed by atoms with Gasteiger partial charge >= 0.3 is 17.9 Å². The first-order chi connectivity index (χ1) is 31.0. The number of carboxylic acids is 2. The van der Waals surface area contributed by atoms with Crippen LogP contribution in [-0.4, -0.2) is 150 Å². The molecule has 0 saturated carbocycles. The van der Waals surface area contributed by atoms with E-state index in [1.165, 1.54) is 0 Å². The number of ether oxygens (including phenoxy) is 1. The summed E-state index contributed by atoms with van der Waals surface area (Å²) in [7, 11) is 1.09. The molecule has 0 fully saturated rings. The van der Waals surface area contributed by atoms with Crippen molar-refractivity contribution in [3.05, 3.63) is 35.9 Å². The number of methoxy groups -OCH3 is 1. The first-order valence-electron chi connectivity index (χ1n) is 21.4. The van der Waals surface area contributed by atoms with Crippen molar-refractivity contribution in [1.82, 2.24) is 42.1 Å². The number of carboxylic acid groups (broad SMARTS) is 2. The molecular formula is C43H64N8O15. The van der Waals surface area contributed by atoms with Gasteiger partial charge in [0.2, 0.25) is 41.2 Å². The summed E-state index contributed by atoms with van der Waals surface area (Å²) < 4.78 is 4.47. The van der Waals surface area contributed by atoms with Crippen LogP contribution in [0.15, 0.2) is 30.3 Å². The lowest BCUT2D eigenvalue weighted by Crippen LogP contribution is -2.60. The molecule has 0 aliphatic carbocycles. The van der Waals surface area contributed by atoms with Crippen LogP contribution in [0.1, 0.15) is 96.8 Å². The summed E-state index contributed by atoms with van der Waals surface area (Å²) in [4.78, 5) is 154. The number of amides is 8. The lowest BCUT2D eigenvalue weighted by Gasteiger charge is -2.32. The van der Waals surface area contributed by atoms with E-state index >= 15 is 0 Å². The second-order valence-corrected chi connectivity index (χ2v) is 15.9. The molecule has 0 saturated heterocycles. The zero-order chi connectivity index (χ0) is 50.1. The Hall–Kier alpha value is -6.94. The zero-order valence-electron chi connectivity index (χ0n) is 38.4. The quantitative estimate of drug-likeness (QED) is 0.0248. The largest absolute Gasteiger partial charge is 0.481 e. The van der Waals surface area contributed by atoms with Gasteiger partial charge in [-0.1, -0.05) is 59.2 Å². The summed E-state index contributed by atoms with van der Waals surface area (Å²) in [5, 5.41) is 35.6. The van der Waals surface area contributed by atoms with Crippen molar-refractivity contribution >= 4 is 70.9 Å². The topological polar surface area (TPSA) is 342 Å². The fourth-order valence-electron chi connectivity index (χ4n) is 6.20. The van der Waals surface area contributed by atoms with E-state index in [9.17, 15) is 62.6 Å². The number of hydrogen-bond acceptors (Lipinski definition) is 13. The smallest absolute Gasteiger partial charge is 0.325 e. The van der Waals surface area contributed by atoms with E-state index in [1.807, 2.05) is 0 Å². The van der Waals surface area contributed by atoms with Crippen LogP contribution >= 0.6 is 0 Å². The number of esters is 1. The molecule has 0 aliphatic heterocycles. The average Bonchev–Trinajstić information content (AvgIpc) is 3.26. The summed E-state index contributed by atoms with van der Waals surface area (Å²) in [6.07, 6.45) is -1.50. The molecule has 23 nitrogen and oxygen atoms in total. The fourth-order valence-corrected chi connectivity index (χ4v) is 6.20. The summed E-state index contributed by atoms with van der Waals surface area (Å²) in [6.45, 7) is 7.71. The third-order valence-electron chi connectivity index (χ3n) is 9.74. The minimum absolute atomic E-state index is 0.0180. The molecule has 0 spiro atoms. The lowest BCUT2D eigenvalue weighted by atomic mass is 9.98. The van der Waals surface area contributed by atoms with Crippen molar-refractivity contribution in [2.45, 2.75) is 117 Å². The van der Waals surface area contributed by atoms with Gasteiger partial charge in [-0.3, -0.25) is 57.5 Å². The summed E-state index contributed by atoms with van der Waals surface area (Å²) >= 11 is 0. The van der Waals surface area contributed by atoms with Gasteiger partial charge in [0.25, 0.3) is 11.8 Å². The number of nitrogens with one attached hydrogen (secondary N) is 7. The number of carbonyl (C=O) groups is 12. The highest BCUT2D eigenvalue weighted by atomic mass is 16.5. The number of nitrogens with zero attached hydrogens (tertiary/aromatic N) is 1. The maximum Gasteiger partial charge on any atom is 0.325 e. The highest BCUT2D eigenvalue weighted by Crippen LogP contribution is 2.12. The van der Waals surface area contributed by atoms with Crippen LogP contribution in [0, 0.1) is 11.8 Å². The molecule has 1 aromatic carbocycles. The number of rotatable bonds is 30. The Labute approximate surface area is 382 Å². The van der Waals surface area contributed by atoms with Gasteiger partial charge in [-0.05, 0) is 49.7 Å². The van der Waals surface area contributed by atoms with Crippen molar-refractivity contribution in [1.29, 1.82) is 0 Å². The number of hydrogen-bond donors (Lipinski definition) is 9. The molecule has 0 radical (unpaired) electrons. The zero-order valence-corrected chi connectivity index (χ0v) is 38.4. The first-order valence-corrected chi connectivity index (χ1v) is 21.4. The van der Waals surface area contributed by atoms with Crippen LogP contribution in [0.5, 0.6) is 0 Å². The second-order valence-electron chi connectivity index (χ2n) is 15.9. The van der Waals surface area contributed by atoms with Crippen LogP contribution in [0.4, 0.5) is 0 Å². The molecule has 1 rings (SSSR count). The van der Waals surface area contributed by atoms with Crippen molar-refractivity contribution in [2.75, 3.05) is 33.3 Å². The van der Waals surface area contributed by atoms with Crippen LogP contribution < -0.4 is 37.2 Å². The molecule has 9 N–H and O–H groups in total. The predicted molar refractivity (Wildman–Crippen MR) is 234 cm³/mol. The molecule has 0 heterocycles. The Kier molecular flexibility index (Phi) is 25.5. The standard InChI is InChI=1S/C43H64N8O15/c1-8-13-28(37(59)42(64)45-22-34(58)66-7)47-31(53)23-51(21-12-20-44-38(60)27-14-10-9-11-15-27)43(65)36(25(4)5)50-41(63)35(24(2)3)49-40(62)30(17-19-33(56)57)48-39(61)29(46-26(6)52)16-18-32(54)55/h9-11,14-15,24-25,28-30,35-36H,8,12-13,16-23H2,1-7H3,(H,44,60)(H,45,64)(H,46,52)(H,47,53)(H,48,61)(H,49,62)(H,50,63)(H,54,55)(H,56,57)/t28-,29-,30-,35-,36-/m0/s1. The van der Waals surface area contributed by atoms with Crippen molar-refractivity contribution in [3.63, 3.8) is 0 Å². The normalized spacial score (nSPS) is 13.0. The number of benzene rings is 1. The van der Waals surface area contributed by atoms with E-state index in [0.717, 1.165) is 18.9 Å². The highest BCUT2D eigenvalue weighted by molar-refractivity contribution is 6.38. The van der Waals surface area contributed by atoms with E-state index in [4.69, 9.17) is 5.11 Å². The van der Waals surface area contributed by atoms with Gasteiger partial charge in [-0.2, -0.15) is 0 Å². The number of ketones is 1. The summed E-state index contributed by atoms with van der Waals surface area (Å²) in [5.41, 5.74) is 0.377. The Bertz CT molecular complexity index is 1890. The van der Waals surface area contributed by atoms with Gasteiger partial charge in [0.15, 0.2) is 0 Å². The molecule has 8 amide bonds. The minimum atomic E-state index is -1.58. The van der Waals surface area contributed by atoms with E-state index < -0.39 is 145 Å². The third kappa shape index (κ3) is 21.2. The molecule has 0 bridgehead atoms. The maximum atomic E-state index is 14.4. The molecule has 5 atom stereocenters. The molecule has 0 aliphatic rings. The van der Waals surface area contributed by atoms with Crippen molar-refractivity contribution in [3.8, 4) is 0 Å². The predicted octanol–water partition coefficient (Wildman–Crippen LogP) is -1.22. The molecule has 23 heteroatoms. The minimum Gasteiger partial charge on any atom is -0.481 e. The van der Waals surface area contributed by atoms with Crippen molar-refractivity contribution < 1.29 is 72.5 Å². The van der Waals surface area contributed by atoms with Gasteiger partial charge in [-0.15, -0.1) is 0 Å². The van der Waals surface area contributed by atoms with Crippen LogP contribution in [-0.2, 0) is 57.5 Å². The van der Waals surface area contributed by atoms with Gasteiger partial charge < -0.3 is 57.1 Å². The number of Topliss-reactive ketones (excluding diaryl/α,β-unsaturated/α-hetero) is 1. The van der Waals surface area contributed by atoms with E-state index in [-0.39, 0.29) is 32.4 Å². The van der Waals surface area contributed by atoms with E-state index in [2.05, 4.69) is 42.0 Å². The highest BCUT2D eigenvalue weighted by Gasteiger charge is 2.36. The van der Waals surface area contributed by atoms with Gasteiger partial charge in [0.05, 0.1) is 19.7 Å². The lowest BCUT2D eigenvalue weighted by molar-refractivity contribution is -0.144. The molecule has 1 aromatic rings.